The molecule has 0 spiro atoms. The van der Waals surface area contributed by atoms with Crippen LogP contribution in [-0.2, 0) is 10.0 Å². The lowest BCUT2D eigenvalue weighted by molar-refractivity contribution is 0.361. The number of hydrogen-bond acceptors (Lipinski definition) is 3. The van der Waals surface area contributed by atoms with E-state index in [1.54, 1.807) is 30.3 Å². The fraction of sp³-hybridized carbons (Fsp3) is 0.200. The van der Waals surface area contributed by atoms with Gasteiger partial charge in [-0.2, -0.15) is 0 Å². The topological polar surface area (TPSA) is 46.6 Å². The van der Waals surface area contributed by atoms with Gasteiger partial charge >= 0.3 is 0 Å². The summed E-state index contributed by atoms with van der Waals surface area (Å²) >= 11 is 0. The van der Waals surface area contributed by atoms with Gasteiger partial charge < -0.3 is 4.74 Å². The van der Waals surface area contributed by atoms with Crippen molar-refractivity contribution in [3.8, 4) is 17.7 Å². The van der Waals surface area contributed by atoms with Crippen LogP contribution >= 0.6 is 0 Å². The highest BCUT2D eigenvalue weighted by atomic mass is 32.2. The Morgan fingerprint density at radius 3 is 2.48 bits per heavy atom. The van der Waals surface area contributed by atoms with Gasteiger partial charge in [0.2, 0.25) is 0 Å². The average Bonchev–Trinajstić information content (AvgIpc) is 2.61. The highest BCUT2D eigenvalue weighted by Crippen LogP contribution is 2.18. The second-order valence-electron chi connectivity index (χ2n) is 5.40. The van der Waals surface area contributed by atoms with E-state index >= 15 is 0 Å². The largest absolute Gasteiger partial charge is 0.488 e. The van der Waals surface area contributed by atoms with Crippen LogP contribution in [0.25, 0.3) is 0 Å². The molecular formula is C20H21NO3S. The molecule has 2 aromatic rings. The summed E-state index contributed by atoms with van der Waals surface area (Å²) in [4.78, 5) is 0.215. The first-order valence-electron chi connectivity index (χ1n) is 7.85. The Labute approximate surface area is 149 Å². The van der Waals surface area contributed by atoms with Crippen molar-refractivity contribution in [2.45, 2.75) is 18.7 Å². The third kappa shape index (κ3) is 4.88. The van der Waals surface area contributed by atoms with E-state index in [1.165, 1.54) is 7.05 Å². The molecule has 0 bridgehead atoms. The van der Waals surface area contributed by atoms with Gasteiger partial charge in [0.25, 0.3) is 10.0 Å². The summed E-state index contributed by atoms with van der Waals surface area (Å²) in [6.45, 7) is 4.26. The molecule has 0 amide bonds. The van der Waals surface area contributed by atoms with Crippen LogP contribution in [0.5, 0.6) is 5.75 Å². The first-order valence-corrected chi connectivity index (χ1v) is 9.29. The zero-order valence-electron chi connectivity index (χ0n) is 14.6. The molecule has 5 heteroatoms. The number of rotatable bonds is 5. The van der Waals surface area contributed by atoms with E-state index in [-0.39, 0.29) is 4.90 Å². The molecule has 0 aromatic heterocycles. The van der Waals surface area contributed by atoms with Crippen molar-refractivity contribution >= 4 is 10.0 Å². The van der Waals surface area contributed by atoms with Gasteiger partial charge in [0, 0.05) is 13.1 Å². The van der Waals surface area contributed by atoms with Crippen molar-refractivity contribution in [3.63, 3.8) is 0 Å². The summed E-state index contributed by atoms with van der Waals surface area (Å²) in [6, 6.07) is 16.7. The summed E-state index contributed by atoms with van der Waals surface area (Å²) < 4.78 is 31.8. The van der Waals surface area contributed by atoms with Gasteiger partial charge in [-0.1, -0.05) is 42.0 Å². The molecule has 0 fully saturated rings. The number of benzene rings is 2. The average molecular weight is 355 g/mol. The molecule has 0 unspecified atom stereocenters. The molecule has 4 nitrogen and oxygen atoms in total. The molecule has 0 aliphatic heterocycles. The number of nitrogens with zero attached hydrogens (tertiary/aromatic N) is 1. The number of aryl methyl sites for hydroxylation is 1. The van der Waals surface area contributed by atoms with Crippen molar-refractivity contribution in [2.75, 3.05) is 13.7 Å². The molecule has 0 saturated carbocycles. The minimum atomic E-state index is -3.65. The monoisotopic (exact) mass is 355 g/mol. The fourth-order valence-corrected chi connectivity index (χ4v) is 2.96. The SMILES string of the molecule is C/C=C/COc1ccccc1C#CN(C)S(=O)(=O)c1ccc(C)cc1. The molecule has 0 radical (unpaired) electrons. The molecule has 0 aliphatic rings. The third-order valence-electron chi connectivity index (χ3n) is 3.49. The third-order valence-corrected chi connectivity index (χ3v) is 5.17. The van der Waals surface area contributed by atoms with Crippen molar-refractivity contribution in [1.29, 1.82) is 0 Å². The van der Waals surface area contributed by atoms with E-state index in [0.29, 0.717) is 17.9 Å². The molecular weight excluding hydrogens is 334 g/mol. The molecule has 0 atom stereocenters. The Balaban J connectivity index is 2.24. The van der Waals surface area contributed by atoms with E-state index in [0.717, 1.165) is 9.87 Å². The number of allylic oxidation sites excluding steroid dienone is 1. The van der Waals surface area contributed by atoms with Crippen LogP contribution in [0.3, 0.4) is 0 Å². The summed E-state index contributed by atoms with van der Waals surface area (Å²) in [7, 11) is -2.22. The highest BCUT2D eigenvalue weighted by molar-refractivity contribution is 7.89. The summed E-state index contributed by atoms with van der Waals surface area (Å²) in [5.41, 5.74) is 1.64. The maximum Gasteiger partial charge on any atom is 0.270 e. The van der Waals surface area contributed by atoms with Crippen LogP contribution in [0, 0.1) is 18.9 Å². The zero-order chi connectivity index (χ0) is 18.3. The molecule has 2 rings (SSSR count). The van der Waals surface area contributed by atoms with Gasteiger partial charge in [-0.05, 0) is 44.0 Å². The number of hydrogen-bond donors (Lipinski definition) is 0. The van der Waals surface area contributed by atoms with Crippen LogP contribution in [0.2, 0.25) is 0 Å². The van der Waals surface area contributed by atoms with Gasteiger partial charge in [0.1, 0.15) is 12.4 Å². The Hall–Kier alpha value is -2.71. The zero-order valence-corrected chi connectivity index (χ0v) is 15.4. The lowest BCUT2D eigenvalue weighted by Crippen LogP contribution is -2.22. The molecule has 0 saturated heterocycles. The first kappa shape index (κ1) is 18.6. The normalized spacial score (nSPS) is 11.0. The van der Waals surface area contributed by atoms with Crippen molar-refractivity contribution < 1.29 is 13.2 Å². The molecule has 130 valence electrons. The lowest BCUT2D eigenvalue weighted by atomic mass is 10.2. The smallest absolute Gasteiger partial charge is 0.270 e. The van der Waals surface area contributed by atoms with E-state index < -0.39 is 10.0 Å². The van der Waals surface area contributed by atoms with Gasteiger partial charge in [-0.25, -0.2) is 12.7 Å². The quantitative estimate of drug-likeness (QED) is 0.468. The second-order valence-corrected chi connectivity index (χ2v) is 7.37. The number of ether oxygens (including phenoxy) is 1. The van der Waals surface area contributed by atoms with Crippen molar-refractivity contribution in [1.82, 2.24) is 4.31 Å². The van der Waals surface area contributed by atoms with E-state index in [2.05, 4.69) is 12.0 Å². The molecule has 25 heavy (non-hydrogen) atoms. The fourth-order valence-electron chi connectivity index (χ4n) is 2.00. The predicted octanol–water partition coefficient (Wildman–Crippen LogP) is 3.58. The highest BCUT2D eigenvalue weighted by Gasteiger charge is 2.18. The summed E-state index contributed by atoms with van der Waals surface area (Å²) in [5, 5.41) is 0. The molecule has 2 aromatic carbocycles. The van der Waals surface area contributed by atoms with Gasteiger partial charge in [0.15, 0.2) is 0 Å². The minimum absolute atomic E-state index is 0.215. The summed E-state index contributed by atoms with van der Waals surface area (Å²) in [6.07, 6.45) is 3.79. The van der Waals surface area contributed by atoms with Crippen LogP contribution in [0.4, 0.5) is 0 Å². The number of sulfonamides is 1. The maximum absolute atomic E-state index is 12.5. The van der Waals surface area contributed by atoms with Crippen molar-refractivity contribution in [3.05, 3.63) is 71.8 Å². The minimum Gasteiger partial charge on any atom is -0.488 e. The van der Waals surface area contributed by atoms with Crippen LogP contribution < -0.4 is 4.74 Å². The Morgan fingerprint density at radius 2 is 1.80 bits per heavy atom. The van der Waals surface area contributed by atoms with Gasteiger partial charge in [-0.15, -0.1) is 0 Å². The Morgan fingerprint density at radius 1 is 1.12 bits per heavy atom. The maximum atomic E-state index is 12.5. The van der Waals surface area contributed by atoms with Gasteiger partial charge in [-0.3, -0.25) is 0 Å². The molecule has 0 heterocycles. The summed E-state index contributed by atoms with van der Waals surface area (Å²) in [5.74, 6) is 3.49. The van der Waals surface area contributed by atoms with Crippen LogP contribution in [0.1, 0.15) is 18.1 Å². The van der Waals surface area contributed by atoms with Crippen molar-refractivity contribution in [2.24, 2.45) is 0 Å². The molecule has 0 aliphatic carbocycles. The van der Waals surface area contributed by atoms with Gasteiger partial charge in [0.05, 0.1) is 10.5 Å². The van der Waals surface area contributed by atoms with E-state index in [1.807, 2.05) is 44.2 Å². The predicted molar refractivity (Wildman–Crippen MR) is 99.8 cm³/mol. The standard InChI is InChI=1S/C20H21NO3S/c1-4-5-16-24-20-9-7-6-8-18(20)14-15-21(3)25(22,23)19-12-10-17(2)11-13-19/h4-13H,16H2,1-3H3/b5-4+. The second kappa shape index (κ2) is 8.41. The van der Waals surface area contributed by atoms with Crippen LogP contribution in [-0.4, -0.2) is 26.4 Å². The van der Waals surface area contributed by atoms with E-state index in [4.69, 9.17) is 4.74 Å². The first-order chi connectivity index (χ1) is 11.9. The van der Waals surface area contributed by atoms with E-state index in [9.17, 15) is 8.42 Å². The number of para-hydroxylation sites is 1. The lowest BCUT2D eigenvalue weighted by Gasteiger charge is -2.12. The Bertz CT molecular complexity index is 904. The van der Waals surface area contributed by atoms with Crippen LogP contribution in [0.15, 0.2) is 65.6 Å². The Kier molecular flexibility index (Phi) is 6.26. The molecule has 0 N–H and O–H groups in total.